The third kappa shape index (κ3) is 21.9. The van der Waals surface area contributed by atoms with Gasteiger partial charge in [0, 0.05) is 56.3 Å². The van der Waals surface area contributed by atoms with Gasteiger partial charge >= 0.3 is 0 Å². The molecule has 1 aromatic rings. The first-order chi connectivity index (χ1) is 23.2. The van der Waals surface area contributed by atoms with E-state index in [0.717, 1.165) is 55.6 Å². The van der Waals surface area contributed by atoms with Crippen molar-refractivity contribution < 1.29 is 14.4 Å². The van der Waals surface area contributed by atoms with Gasteiger partial charge in [-0.1, -0.05) is 121 Å². The summed E-state index contributed by atoms with van der Waals surface area (Å²) in [6, 6.07) is 7.45. The number of piperazine rings is 1. The summed E-state index contributed by atoms with van der Waals surface area (Å²) in [6.07, 6.45) is 10.4. The van der Waals surface area contributed by atoms with E-state index in [9.17, 15) is 14.4 Å². The summed E-state index contributed by atoms with van der Waals surface area (Å²) in [6.45, 7) is 27.6. The third-order valence-electron chi connectivity index (χ3n) is 8.00. The number of carbonyl (C=O) groups is 3. The molecule has 8 nitrogen and oxygen atoms in total. The summed E-state index contributed by atoms with van der Waals surface area (Å²) in [5.41, 5.74) is 7.59. The highest BCUT2D eigenvalue weighted by Gasteiger charge is 2.31. The van der Waals surface area contributed by atoms with E-state index in [0.29, 0.717) is 44.3 Å². The topological polar surface area (TPSA) is 108 Å². The minimum absolute atomic E-state index is 0.00846. The van der Waals surface area contributed by atoms with Crippen LogP contribution in [0.4, 0.5) is 5.69 Å². The van der Waals surface area contributed by atoms with Crippen LogP contribution in [0.15, 0.2) is 36.5 Å². The number of allylic oxidation sites excluding steroid dienone is 1. The minimum Gasteiger partial charge on any atom is -0.403 e. The van der Waals surface area contributed by atoms with Crippen molar-refractivity contribution in [3.8, 4) is 0 Å². The van der Waals surface area contributed by atoms with Gasteiger partial charge in [0.15, 0.2) is 0 Å². The highest BCUT2D eigenvalue weighted by Crippen LogP contribution is 2.26. The molecule has 48 heavy (non-hydrogen) atoms. The van der Waals surface area contributed by atoms with Crippen molar-refractivity contribution in [2.24, 2.45) is 11.7 Å². The molecule has 0 radical (unpaired) electrons. The molecule has 280 valence electrons. The fraction of sp³-hybridized carbons (Fsp3) is 0.725. The second-order valence-electron chi connectivity index (χ2n) is 11.4. The van der Waals surface area contributed by atoms with Gasteiger partial charge in [0.25, 0.3) is 0 Å². The first-order valence-electron chi connectivity index (χ1n) is 19.3. The molecule has 1 aromatic carbocycles. The zero-order valence-electron chi connectivity index (χ0n) is 33.3. The summed E-state index contributed by atoms with van der Waals surface area (Å²) in [5.74, 6) is 0.452. The van der Waals surface area contributed by atoms with Gasteiger partial charge in [-0.3, -0.25) is 19.3 Å². The molecular weight excluding hydrogens is 598 g/mol. The normalized spacial score (nSPS) is 16.1. The monoisotopic (exact) mass is 676 g/mol. The molecule has 0 aromatic heterocycles. The molecule has 4 N–H and O–H groups in total. The van der Waals surface area contributed by atoms with Crippen molar-refractivity contribution in [3.63, 3.8) is 0 Å². The van der Waals surface area contributed by atoms with Gasteiger partial charge in [-0.15, -0.1) is 0 Å². The number of rotatable bonds is 11. The second-order valence-corrected chi connectivity index (χ2v) is 11.4. The maximum atomic E-state index is 13.4. The van der Waals surface area contributed by atoms with Crippen LogP contribution >= 0.6 is 0 Å². The molecule has 2 fully saturated rings. The maximum Gasteiger partial charge on any atom is 0.245 e. The summed E-state index contributed by atoms with van der Waals surface area (Å²) >= 11 is 0. The molecule has 1 unspecified atom stereocenters. The maximum absolute atomic E-state index is 13.4. The lowest BCUT2D eigenvalue weighted by Gasteiger charge is -2.40. The minimum atomic E-state index is -0.583. The summed E-state index contributed by atoms with van der Waals surface area (Å²) in [5, 5.41) is 5.97. The molecule has 1 saturated carbocycles. The molecule has 8 heteroatoms. The van der Waals surface area contributed by atoms with Crippen molar-refractivity contribution in [2.45, 2.75) is 159 Å². The number of nitrogens with zero attached hydrogens (tertiary/aromatic N) is 2. The Morgan fingerprint density at radius 2 is 1.40 bits per heavy atom. The highest BCUT2D eigenvalue weighted by atomic mass is 16.2. The van der Waals surface area contributed by atoms with E-state index in [1.165, 1.54) is 19.3 Å². The van der Waals surface area contributed by atoms with Gasteiger partial charge in [0.2, 0.25) is 17.7 Å². The number of anilines is 1. The van der Waals surface area contributed by atoms with Gasteiger partial charge in [-0.25, -0.2) is 0 Å². The van der Waals surface area contributed by atoms with E-state index >= 15 is 0 Å². The Morgan fingerprint density at radius 1 is 0.854 bits per heavy atom. The van der Waals surface area contributed by atoms with E-state index in [2.05, 4.69) is 36.1 Å². The van der Waals surface area contributed by atoms with Crippen LogP contribution in [0.3, 0.4) is 0 Å². The van der Waals surface area contributed by atoms with Crippen LogP contribution in [-0.2, 0) is 20.8 Å². The van der Waals surface area contributed by atoms with Crippen LogP contribution in [0.1, 0.15) is 146 Å². The van der Waals surface area contributed by atoms with Crippen molar-refractivity contribution in [3.05, 3.63) is 42.1 Å². The SMILES string of the molecule is C=C(N)CC.CC.CC.CC.CC.CCC[C@H]1CN(C(=O)C(Cc2ccc(NC(=O)CC3CCCCC3)cc2)NC(=O)CC)CCN1C. The number of nitrogens with two attached hydrogens (primary N) is 1. The van der Waals surface area contributed by atoms with E-state index in [1.807, 2.05) is 91.5 Å². The Hall–Kier alpha value is -2.87. The average molecular weight is 676 g/mol. The van der Waals surface area contributed by atoms with Crippen LogP contribution < -0.4 is 16.4 Å². The second kappa shape index (κ2) is 32.7. The van der Waals surface area contributed by atoms with Crippen molar-refractivity contribution in [1.29, 1.82) is 0 Å². The fourth-order valence-electron chi connectivity index (χ4n) is 5.33. The zero-order chi connectivity index (χ0) is 37.5. The van der Waals surface area contributed by atoms with Gasteiger partial charge in [0.05, 0.1) is 0 Å². The summed E-state index contributed by atoms with van der Waals surface area (Å²) in [4.78, 5) is 42.4. The van der Waals surface area contributed by atoms with Crippen LogP contribution in [0, 0.1) is 5.92 Å². The zero-order valence-corrected chi connectivity index (χ0v) is 33.3. The Kier molecular flexibility index (Phi) is 33.7. The van der Waals surface area contributed by atoms with Crippen LogP contribution in [0.2, 0.25) is 0 Å². The van der Waals surface area contributed by atoms with E-state index < -0.39 is 6.04 Å². The standard InChI is InChI=1S/C28H44N4O3.C4H9N.4C2H6/c1-4-9-24-20-32(17-16-31(24)3)28(35)25(30-26(33)5-2)18-22-12-14-23(15-13-22)29-27(34)19-21-10-7-6-8-11-21;1-3-4(2)5;4*1-2/h12-15,21,24-25H,4-11,16-20H2,1-3H3,(H,29,34)(H,30,33);2-3,5H2,1H3;4*1-2H3/t24-,25?;;;;;/m0...../s1. The molecule has 1 aliphatic carbocycles. The smallest absolute Gasteiger partial charge is 0.245 e. The van der Waals surface area contributed by atoms with Gasteiger partial charge < -0.3 is 21.3 Å². The Labute approximate surface area is 297 Å². The number of nitrogens with one attached hydrogen (secondary N) is 2. The van der Waals surface area contributed by atoms with E-state index in [4.69, 9.17) is 5.73 Å². The molecule has 0 spiro atoms. The van der Waals surface area contributed by atoms with Gasteiger partial charge in [-0.2, -0.15) is 0 Å². The summed E-state index contributed by atoms with van der Waals surface area (Å²) < 4.78 is 0. The third-order valence-corrected chi connectivity index (χ3v) is 8.00. The Morgan fingerprint density at radius 3 is 1.88 bits per heavy atom. The first-order valence-corrected chi connectivity index (χ1v) is 19.3. The fourth-order valence-corrected chi connectivity index (χ4v) is 5.33. The van der Waals surface area contributed by atoms with Crippen molar-refractivity contribution in [2.75, 3.05) is 32.0 Å². The number of hydrogen-bond donors (Lipinski definition) is 3. The van der Waals surface area contributed by atoms with Crippen LogP contribution in [0.25, 0.3) is 0 Å². The molecule has 2 atom stereocenters. The molecule has 3 amide bonds. The number of benzene rings is 1. The molecule has 1 saturated heterocycles. The number of hydrogen-bond acceptors (Lipinski definition) is 5. The van der Waals surface area contributed by atoms with Crippen molar-refractivity contribution >= 4 is 23.4 Å². The summed E-state index contributed by atoms with van der Waals surface area (Å²) in [7, 11) is 2.12. The Balaban J connectivity index is -0.00000136. The Bertz CT molecular complexity index is 945. The van der Waals surface area contributed by atoms with Gasteiger partial charge in [-0.05, 0) is 56.3 Å². The lowest BCUT2D eigenvalue weighted by molar-refractivity contribution is -0.138. The predicted molar refractivity (Wildman–Crippen MR) is 209 cm³/mol. The highest BCUT2D eigenvalue weighted by molar-refractivity contribution is 5.91. The quantitative estimate of drug-likeness (QED) is 0.217. The van der Waals surface area contributed by atoms with Crippen LogP contribution in [0.5, 0.6) is 0 Å². The molecule has 3 rings (SSSR count). The molecule has 0 bridgehead atoms. The van der Waals surface area contributed by atoms with Gasteiger partial charge in [0.1, 0.15) is 6.04 Å². The lowest BCUT2D eigenvalue weighted by Crippen LogP contribution is -2.58. The number of likely N-dealkylation sites (N-methyl/N-ethyl adjacent to an activating group) is 1. The van der Waals surface area contributed by atoms with E-state index in [-0.39, 0.29) is 17.7 Å². The molecule has 1 heterocycles. The first kappa shape index (κ1) is 49.5. The van der Waals surface area contributed by atoms with E-state index in [1.54, 1.807) is 6.92 Å². The molecule has 1 aliphatic heterocycles. The predicted octanol–water partition coefficient (Wildman–Crippen LogP) is 8.95. The lowest BCUT2D eigenvalue weighted by atomic mass is 9.87. The molecular formula is C40H77N5O3. The number of amides is 3. The number of carbonyl (C=O) groups excluding carboxylic acids is 3. The molecule has 2 aliphatic rings. The average Bonchev–Trinajstić information content (AvgIpc) is 3.13. The van der Waals surface area contributed by atoms with Crippen molar-refractivity contribution in [1.82, 2.24) is 15.1 Å². The van der Waals surface area contributed by atoms with Crippen LogP contribution in [-0.4, -0.2) is 66.3 Å². The largest absolute Gasteiger partial charge is 0.403 e.